The van der Waals surface area contributed by atoms with Crippen LogP contribution in [0.5, 0.6) is 0 Å². The average Bonchev–Trinajstić information content (AvgIpc) is 2.75. The Morgan fingerprint density at radius 1 is 1.06 bits per heavy atom. The Hall–Kier alpha value is -2.02. The molecule has 1 heteroatoms. The van der Waals surface area contributed by atoms with Crippen LogP contribution in [0.1, 0.15) is 18.9 Å². The summed E-state index contributed by atoms with van der Waals surface area (Å²) in [6.07, 6.45) is 0.994. The molecule has 0 saturated heterocycles. The molecule has 0 aliphatic rings. The van der Waals surface area contributed by atoms with Crippen LogP contribution < -0.4 is 0 Å². The normalized spacial score (nSPS) is 11.1. The zero-order valence-electron chi connectivity index (χ0n) is 9.96. The molecule has 0 unspecified atom stereocenters. The first kappa shape index (κ1) is 10.2. The van der Waals surface area contributed by atoms with Crippen molar-refractivity contribution in [1.29, 1.82) is 0 Å². The lowest BCUT2D eigenvalue weighted by Gasteiger charge is -2.02. The van der Waals surface area contributed by atoms with Crippen molar-refractivity contribution >= 4 is 27.4 Å². The van der Waals surface area contributed by atoms with Gasteiger partial charge in [-0.1, -0.05) is 37.8 Å². The van der Waals surface area contributed by atoms with Crippen molar-refractivity contribution in [2.75, 3.05) is 0 Å². The molecule has 1 nitrogen and oxygen atoms in total. The lowest BCUT2D eigenvalue weighted by atomic mass is 10.0. The number of nitrogens with one attached hydrogen (secondary N) is 1. The summed E-state index contributed by atoms with van der Waals surface area (Å²) in [7, 11) is 0. The van der Waals surface area contributed by atoms with Crippen molar-refractivity contribution in [2.45, 2.75) is 13.3 Å². The van der Waals surface area contributed by atoms with Crippen LogP contribution in [0, 0.1) is 0 Å². The number of H-pyrrole nitrogens is 1. The summed E-state index contributed by atoms with van der Waals surface area (Å²) in [6.45, 7) is 6.25. The number of para-hydroxylation sites is 1. The Morgan fingerprint density at radius 2 is 1.82 bits per heavy atom. The second-order valence-corrected chi connectivity index (χ2v) is 4.39. The van der Waals surface area contributed by atoms with E-state index in [0.29, 0.717) is 0 Å². The molecule has 0 amide bonds. The molecule has 17 heavy (non-hydrogen) atoms. The minimum absolute atomic E-state index is 0.994. The summed E-state index contributed by atoms with van der Waals surface area (Å²) in [4.78, 5) is 3.43. The third-order valence-electron chi connectivity index (χ3n) is 3.34. The van der Waals surface area contributed by atoms with Gasteiger partial charge in [-0.05, 0) is 35.8 Å². The molecule has 0 radical (unpaired) electrons. The quantitative estimate of drug-likeness (QED) is 0.643. The molecule has 1 N–H and O–H groups in total. The topological polar surface area (TPSA) is 15.8 Å². The number of benzene rings is 2. The molecular weight excluding hydrogens is 206 g/mol. The molecule has 0 fully saturated rings. The Bertz CT molecular complexity index is 704. The SMILES string of the molecule is C=C(CC)c1ccc2[nH]c3ccccc3c2c1. The van der Waals surface area contributed by atoms with Gasteiger partial charge in [-0.3, -0.25) is 0 Å². The van der Waals surface area contributed by atoms with Crippen LogP contribution in [0.2, 0.25) is 0 Å². The van der Waals surface area contributed by atoms with E-state index in [1.165, 1.54) is 32.9 Å². The van der Waals surface area contributed by atoms with E-state index in [4.69, 9.17) is 0 Å². The molecule has 2 aromatic carbocycles. The fourth-order valence-corrected chi connectivity index (χ4v) is 2.27. The lowest BCUT2D eigenvalue weighted by molar-refractivity contribution is 1.25. The van der Waals surface area contributed by atoms with Gasteiger partial charge < -0.3 is 4.98 Å². The highest BCUT2D eigenvalue weighted by atomic mass is 14.7. The molecular formula is C16H15N. The van der Waals surface area contributed by atoms with Crippen molar-refractivity contribution in [3.8, 4) is 0 Å². The van der Waals surface area contributed by atoms with Crippen molar-refractivity contribution in [1.82, 2.24) is 4.98 Å². The first-order valence-electron chi connectivity index (χ1n) is 5.98. The molecule has 3 aromatic rings. The first-order valence-corrected chi connectivity index (χ1v) is 5.98. The lowest BCUT2D eigenvalue weighted by Crippen LogP contribution is -1.80. The maximum Gasteiger partial charge on any atom is 0.0465 e. The van der Waals surface area contributed by atoms with Crippen molar-refractivity contribution in [3.63, 3.8) is 0 Å². The monoisotopic (exact) mass is 221 g/mol. The predicted octanol–water partition coefficient (Wildman–Crippen LogP) is 4.74. The number of fused-ring (bicyclic) bond motifs is 3. The van der Waals surface area contributed by atoms with Crippen molar-refractivity contribution < 1.29 is 0 Å². The van der Waals surface area contributed by atoms with E-state index >= 15 is 0 Å². The molecule has 1 aromatic heterocycles. The van der Waals surface area contributed by atoms with Gasteiger partial charge in [-0.15, -0.1) is 0 Å². The molecule has 84 valence electrons. The zero-order valence-corrected chi connectivity index (χ0v) is 9.96. The van der Waals surface area contributed by atoms with E-state index in [1.54, 1.807) is 0 Å². The van der Waals surface area contributed by atoms with Gasteiger partial charge in [0.25, 0.3) is 0 Å². The van der Waals surface area contributed by atoms with Crippen molar-refractivity contribution in [3.05, 3.63) is 54.6 Å². The standard InChI is InChI=1S/C16H15N/c1-3-11(2)12-8-9-16-14(10-12)13-6-4-5-7-15(13)17-16/h4-10,17H,2-3H2,1H3. The Morgan fingerprint density at radius 3 is 2.65 bits per heavy atom. The number of hydrogen-bond acceptors (Lipinski definition) is 0. The van der Waals surface area contributed by atoms with Crippen molar-refractivity contribution in [2.24, 2.45) is 0 Å². The van der Waals surface area contributed by atoms with Gasteiger partial charge in [-0.2, -0.15) is 0 Å². The highest BCUT2D eigenvalue weighted by Crippen LogP contribution is 2.28. The summed E-state index contributed by atoms with van der Waals surface area (Å²) in [5.74, 6) is 0. The molecule has 1 heterocycles. The van der Waals surface area contributed by atoms with E-state index in [-0.39, 0.29) is 0 Å². The summed E-state index contributed by atoms with van der Waals surface area (Å²) in [6, 6.07) is 14.9. The Balaban J connectivity index is 2.33. The van der Waals surface area contributed by atoms with Crippen LogP contribution >= 0.6 is 0 Å². The summed E-state index contributed by atoms with van der Waals surface area (Å²) in [5, 5.41) is 2.57. The summed E-state index contributed by atoms with van der Waals surface area (Å²) >= 11 is 0. The van der Waals surface area contributed by atoms with Gasteiger partial charge in [0.1, 0.15) is 0 Å². The van der Waals surface area contributed by atoms with Gasteiger partial charge in [0, 0.05) is 21.8 Å². The zero-order chi connectivity index (χ0) is 11.8. The minimum atomic E-state index is 0.994. The van der Waals surface area contributed by atoms with Gasteiger partial charge in [0.05, 0.1) is 0 Å². The molecule has 3 rings (SSSR count). The predicted molar refractivity (Wildman–Crippen MR) is 75.1 cm³/mol. The maximum atomic E-state index is 4.10. The fourth-order valence-electron chi connectivity index (χ4n) is 2.27. The van der Waals surface area contributed by atoms with Crippen LogP contribution in [0.4, 0.5) is 0 Å². The molecule has 0 aliphatic carbocycles. The summed E-state index contributed by atoms with van der Waals surface area (Å²) < 4.78 is 0. The van der Waals surface area contributed by atoms with E-state index in [2.05, 4.69) is 61.0 Å². The Kier molecular flexibility index (Phi) is 2.25. The maximum absolute atomic E-state index is 4.10. The largest absolute Gasteiger partial charge is 0.355 e. The minimum Gasteiger partial charge on any atom is -0.355 e. The summed E-state index contributed by atoms with van der Waals surface area (Å²) in [5.41, 5.74) is 4.82. The van der Waals surface area contributed by atoms with E-state index < -0.39 is 0 Å². The number of aromatic amines is 1. The van der Waals surface area contributed by atoms with Crippen LogP contribution in [-0.2, 0) is 0 Å². The first-order chi connectivity index (χ1) is 8.29. The smallest absolute Gasteiger partial charge is 0.0465 e. The van der Waals surface area contributed by atoms with E-state index in [9.17, 15) is 0 Å². The van der Waals surface area contributed by atoms with E-state index in [1.807, 2.05) is 0 Å². The second kappa shape index (κ2) is 3.77. The Labute approximate surface area is 101 Å². The highest BCUT2D eigenvalue weighted by molar-refractivity contribution is 6.07. The van der Waals surface area contributed by atoms with Crippen LogP contribution in [0.25, 0.3) is 27.4 Å². The molecule has 0 bridgehead atoms. The van der Waals surface area contributed by atoms with Gasteiger partial charge in [-0.25, -0.2) is 0 Å². The van der Waals surface area contributed by atoms with Crippen LogP contribution in [0.3, 0.4) is 0 Å². The van der Waals surface area contributed by atoms with Gasteiger partial charge in [0.15, 0.2) is 0 Å². The average molecular weight is 221 g/mol. The highest BCUT2D eigenvalue weighted by Gasteiger charge is 2.05. The molecule has 0 atom stereocenters. The van der Waals surface area contributed by atoms with Crippen LogP contribution in [-0.4, -0.2) is 4.98 Å². The molecule has 0 aliphatic heterocycles. The molecule has 0 spiro atoms. The fraction of sp³-hybridized carbons (Fsp3) is 0.125. The third-order valence-corrected chi connectivity index (χ3v) is 3.34. The van der Waals surface area contributed by atoms with E-state index in [0.717, 1.165) is 6.42 Å². The number of aromatic nitrogens is 1. The van der Waals surface area contributed by atoms with Gasteiger partial charge in [0.2, 0.25) is 0 Å². The van der Waals surface area contributed by atoms with Crippen LogP contribution in [0.15, 0.2) is 49.0 Å². The number of rotatable bonds is 2. The van der Waals surface area contributed by atoms with Gasteiger partial charge >= 0.3 is 0 Å². The molecule has 0 saturated carbocycles. The number of hydrogen-bond donors (Lipinski definition) is 1. The number of allylic oxidation sites excluding steroid dienone is 1. The second-order valence-electron chi connectivity index (χ2n) is 4.39. The third kappa shape index (κ3) is 1.55.